The van der Waals surface area contributed by atoms with Gasteiger partial charge in [0.25, 0.3) is 0 Å². The highest BCUT2D eigenvalue weighted by Crippen LogP contribution is 2.40. The number of phosphoric ester groups is 1. The number of hydrogen-bond acceptors (Lipinski definition) is 4. The molecule has 1 unspecified atom stereocenters. The normalized spacial score (nSPS) is 27.2. The van der Waals surface area contributed by atoms with E-state index in [0.29, 0.717) is 0 Å². The van der Waals surface area contributed by atoms with Crippen molar-refractivity contribution in [3.05, 3.63) is 0 Å². The average molecular weight is 185 g/mol. The van der Waals surface area contributed by atoms with Crippen molar-refractivity contribution >= 4 is 19.6 Å². The van der Waals surface area contributed by atoms with E-state index in [1.54, 1.807) is 0 Å². The molecule has 0 aromatic carbocycles. The van der Waals surface area contributed by atoms with Crippen LogP contribution in [0, 0.1) is 0 Å². The molecule has 0 saturated carbocycles. The monoisotopic (exact) mass is 185 g/mol. The predicted octanol–water partition coefficient (Wildman–Crippen LogP) is -0.284. The first-order valence-corrected chi connectivity index (χ1v) is 5.25. The molecule has 0 aromatic heterocycles. The quantitative estimate of drug-likeness (QED) is 0.513. The molecule has 0 radical (unpaired) electrons. The van der Waals surface area contributed by atoms with Crippen LogP contribution in [0.25, 0.3) is 0 Å². The number of nitrogens with one attached hydrogen (secondary N) is 1. The maximum Gasteiger partial charge on any atom is 0.471 e. The molecule has 1 saturated heterocycles. The first-order chi connectivity index (χ1) is 4.58. The molecular formula is C3H8NO4PS. The Kier molecular flexibility index (Phi) is 2.74. The van der Waals surface area contributed by atoms with E-state index in [1.165, 1.54) is 11.8 Å². The molecule has 0 bridgehead atoms. The largest absolute Gasteiger partial charge is 0.471 e. The van der Waals surface area contributed by atoms with Crippen molar-refractivity contribution in [1.29, 1.82) is 0 Å². The zero-order valence-corrected chi connectivity index (χ0v) is 6.77. The van der Waals surface area contributed by atoms with Crippen LogP contribution in [-0.4, -0.2) is 27.6 Å². The zero-order valence-electron chi connectivity index (χ0n) is 5.06. The molecule has 7 heteroatoms. The van der Waals surface area contributed by atoms with Crippen LogP contribution in [0.3, 0.4) is 0 Å². The molecule has 60 valence electrons. The summed E-state index contributed by atoms with van der Waals surface area (Å²) in [5.41, 5.74) is -0.541. The summed E-state index contributed by atoms with van der Waals surface area (Å²) in [4.78, 5) is 16.6. The molecule has 0 spiro atoms. The van der Waals surface area contributed by atoms with E-state index >= 15 is 0 Å². The van der Waals surface area contributed by atoms with Gasteiger partial charge in [0.05, 0.1) is 0 Å². The van der Waals surface area contributed by atoms with Gasteiger partial charge < -0.3 is 9.79 Å². The highest BCUT2D eigenvalue weighted by atomic mass is 32.2. The van der Waals surface area contributed by atoms with Crippen LogP contribution in [0.4, 0.5) is 0 Å². The molecule has 10 heavy (non-hydrogen) atoms. The van der Waals surface area contributed by atoms with Gasteiger partial charge in [-0.2, -0.15) is 0 Å². The molecule has 1 rings (SSSR count). The van der Waals surface area contributed by atoms with Crippen molar-refractivity contribution in [3.8, 4) is 0 Å². The second-order valence-corrected chi connectivity index (χ2v) is 4.11. The number of rotatable bonds is 2. The standard InChI is InChI=1S/C3H8NO4PS/c5-9(6,7)8-3-4-1-2-10-3/h3-4H,1-2H2,(H2,5,6,7). The number of thioether (sulfide) groups is 1. The lowest BCUT2D eigenvalue weighted by atomic mass is 10.8. The number of phosphoric acid groups is 1. The van der Waals surface area contributed by atoms with Gasteiger partial charge in [-0.25, -0.2) is 4.57 Å². The van der Waals surface area contributed by atoms with Crippen LogP contribution in [0.2, 0.25) is 0 Å². The Hall–Kier alpha value is 0.420. The van der Waals surface area contributed by atoms with Crippen molar-refractivity contribution in [1.82, 2.24) is 5.32 Å². The molecule has 1 aliphatic rings. The smallest absolute Gasteiger partial charge is 0.303 e. The SMILES string of the molecule is O=P(O)(O)OC1NCCS1. The molecule has 1 aliphatic heterocycles. The fourth-order valence-corrected chi connectivity index (χ4v) is 2.18. The van der Waals surface area contributed by atoms with Gasteiger partial charge in [0.2, 0.25) is 0 Å². The summed E-state index contributed by atoms with van der Waals surface area (Å²) in [6.07, 6.45) is 0. The van der Waals surface area contributed by atoms with Crippen molar-refractivity contribution in [2.24, 2.45) is 0 Å². The predicted molar refractivity (Wildman–Crippen MR) is 37.4 cm³/mol. The minimum absolute atomic E-state index is 0.541. The van der Waals surface area contributed by atoms with Gasteiger partial charge in [-0.15, -0.1) is 11.8 Å². The van der Waals surface area contributed by atoms with Gasteiger partial charge in [-0.05, 0) is 0 Å². The summed E-state index contributed by atoms with van der Waals surface area (Å²) in [5.74, 6) is 0.824. The van der Waals surface area contributed by atoms with Gasteiger partial charge in [-0.3, -0.25) is 9.84 Å². The minimum atomic E-state index is -4.30. The van der Waals surface area contributed by atoms with Crippen molar-refractivity contribution in [2.45, 2.75) is 5.56 Å². The Balaban J connectivity index is 2.31. The third-order valence-electron chi connectivity index (χ3n) is 0.915. The van der Waals surface area contributed by atoms with E-state index in [1.807, 2.05) is 0 Å². The molecule has 1 fully saturated rings. The van der Waals surface area contributed by atoms with Gasteiger partial charge in [-0.1, -0.05) is 0 Å². The van der Waals surface area contributed by atoms with Crippen LogP contribution < -0.4 is 5.32 Å². The van der Waals surface area contributed by atoms with Gasteiger partial charge >= 0.3 is 7.82 Å². The Bertz CT molecular complexity index is 153. The van der Waals surface area contributed by atoms with Gasteiger partial charge in [0.1, 0.15) is 0 Å². The van der Waals surface area contributed by atoms with Crippen molar-refractivity contribution < 1.29 is 18.9 Å². The van der Waals surface area contributed by atoms with E-state index in [0.717, 1.165) is 12.3 Å². The summed E-state index contributed by atoms with van der Waals surface area (Å²) < 4.78 is 14.5. The first kappa shape index (κ1) is 8.52. The maximum atomic E-state index is 10.2. The van der Waals surface area contributed by atoms with E-state index in [-0.39, 0.29) is 0 Å². The van der Waals surface area contributed by atoms with E-state index in [2.05, 4.69) is 9.84 Å². The van der Waals surface area contributed by atoms with Gasteiger partial charge in [0, 0.05) is 12.3 Å². The Morgan fingerprint density at radius 2 is 2.40 bits per heavy atom. The third-order valence-corrected chi connectivity index (χ3v) is 2.55. The Morgan fingerprint density at radius 1 is 1.70 bits per heavy atom. The average Bonchev–Trinajstić information content (AvgIpc) is 2.12. The van der Waals surface area contributed by atoms with E-state index < -0.39 is 13.4 Å². The highest BCUT2D eigenvalue weighted by Gasteiger charge is 2.24. The van der Waals surface area contributed by atoms with Crippen molar-refractivity contribution in [2.75, 3.05) is 12.3 Å². The summed E-state index contributed by atoms with van der Waals surface area (Å²) in [6, 6.07) is 0. The van der Waals surface area contributed by atoms with Crippen LogP contribution in [0.15, 0.2) is 0 Å². The molecule has 0 amide bonds. The summed E-state index contributed by atoms with van der Waals surface area (Å²) in [7, 11) is -4.30. The lowest BCUT2D eigenvalue weighted by Gasteiger charge is -2.10. The lowest BCUT2D eigenvalue weighted by Crippen LogP contribution is -2.21. The molecule has 1 atom stereocenters. The molecule has 1 heterocycles. The topological polar surface area (TPSA) is 78.8 Å². The first-order valence-electron chi connectivity index (χ1n) is 2.67. The summed E-state index contributed by atoms with van der Waals surface area (Å²) in [5, 5.41) is 2.76. The highest BCUT2D eigenvalue weighted by molar-refractivity contribution is 8.00. The fraction of sp³-hybridized carbons (Fsp3) is 1.00. The molecule has 0 aliphatic carbocycles. The van der Waals surface area contributed by atoms with E-state index in [9.17, 15) is 4.57 Å². The third kappa shape index (κ3) is 3.01. The molecular weight excluding hydrogens is 177 g/mol. The van der Waals surface area contributed by atoms with Crippen LogP contribution >= 0.6 is 19.6 Å². The second-order valence-electron chi connectivity index (χ2n) is 1.75. The van der Waals surface area contributed by atoms with Crippen molar-refractivity contribution in [3.63, 3.8) is 0 Å². The zero-order chi connectivity index (χ0) is 7.61. The molecule has 5 nitrogen and oxygen atoms in total. The van der Waals surface area contributed by atoms with Crippen LogP contribution in [-0.2, 0) is 9.09 Å². The number of hydrogen-bond donors (Lipinski definition) is 3. The van der Waals surface area contributed by atoms with Crippen LogP contribution in [0.5, 0.6) is 0 Å². The van der Waals surface area contributed by atoms with E-state index in [4.69, 9.17) is 9.79 Å². The molecule has 3 N–H and O–H groups in total. The van der Waals surface area contributed by atoms with Gasteiger partial charge in [0.15, 0.2) is 5.56 Å². The summed E-state index contributed by atoms with van der Waals surface area (Å²) >= 11 is 1.34. The lowest BCUT2D eigenvalue weighted by molar-refractivity contribution is 0.169. The van der Waals surface area contributed by atoms with Crippen LogP contribution in [0.1, 0.15) is 0 Å². The minimum Gasteiger partial charge on any atom is -0.303 e. The Labute approximate surface area is 62.4 Å². The molecule has 0 aromatic rings. The maximum absolute atomic E-state index is 10.2. The summed E-state index contributed by atoms with van der Waals surface area (Å²) in [6.45, 7) is 0.731. The fourth-order valence-electron chi connectivity index (χ4n) is 0.594. The second kappa shape index (κ2) is 3.21. The Morgan fingerprint density at radius 3 is 2.80 bits per heavy atom.